The SMILES string of the molecule is CC(=NN(C(N)=S)N1CCCCC1)c1cnccn1. The van der Waals surface area contributed by atoms with Crippen molar-refractivity contribution in [2.45, 2.75) is 26.2 Å². The molecule has 0 saturated carbocycles. The van der Waals surface area contributed by atoms with Gasteiger partial charge in [-0.15, -0.1) is 0 Å². The highest BCUT2D eigenvalue weighted by molar-refractivity contribution is 7.80. The minimum absolute atomic E-state index is 0.255. The van der Waals surface area contributed by atoms with Gasteiger partial charge in [-0.25, -0.2) is 0 Å². The van der Waals surface area contributed by atoms with E-state index >= 15 is 0 Å². The molecule has 1 fully saturated rings. The molecular formula is C12H18N6S. The number of hydrogen-bond donors (Lipinski definition) is 1. The summed E-state index contributed by atoms with van der Waals surface area (Å²) in [6, 6.07) is 0. The second-order valence-corrected chi connectivity index (χ2v) is 4.84. The molecule has 1 aliphatic rings. The second-order valence-electron chi connectivity index (χ2n) is 4.42. The van der Waals surface area contributed by atoms with Crippen LogP contribution in [0, 0.1) is 0 Å². The van der Waals surface area contributed by atoms with E-state index in [4.69, 9.17) is 18.0 Å². The van der Waals surface area contributed by atoms with Crippen LogP contribution in [0.5, 0.6) is 0 Å². The van der Waals surface area contributed by atoms with Gasteiger partial charge in [0.1, 0.15) is 5.69 Å². The Hall–Kier alpha value is -1.60. The number of nitrogens with zero attached hydrogens (tertiary/aromatic N) is 5. The molecule has 1 aromatic heterocycles. The van der Waals surface area contributed by atoms with Crippen molar-refractivity contribution in [1.29, 1.82) is 0 Å². The lowest BCUT2D eigenvalue weighted by molar-refractivity contribution is 0.0289. The zero-order valence-electron chi connectivity index (χ0n) is 11.0. The standard InChI is InChI=1S/C12H18N6S/c1-10(11-9-14-5-6-15-11)16-18(12(13)19)17-7-3-2-4-8-17/h5-6,9H,2-4,7-8H2,1H3,(H2,13,19). The van der Waals surface area contributed by atoms with Gasteiger partial charge in [-0.05, 0) is 32.0 Å². The lowest BCUT2D eigenvalue weighted by Gasteiger charge is -2.34. The summed E-state index contributed by atoms with van der Waals surface area (Å²) in [5, 5.41) is 8.42. The summed E-state index contributed by atoms with van der Waals surface area (Å²) < 4.78 is 0. The Kier molecular flexibility index (Phi) is 4.75. The lowest BCUT2D eigenvalue weighted by Crippen LogP contribution is -2.48. The first kappa shape index (κ1) is 13.8. The normalized spacial score (nSPS) is 17.2. The average molecular weight is 278 g/mol. The lowest BCUT2D eigenvalue weighted by atomic mass is 10.2. The third-order valence-electron chi connectivity index (χ3n) is 2.98. The fourth-order valence-corrected chi connectivity index (χ4v) is 2.15. The van der Waals surface area contributed by atoms with Crippen molar-refractivity contribution >= 4 is 23.0 Å². The van der Waals surface area contributed by atoms with Gasteiger partial charge in [0.2, 0.25) is 5.11 Å². The number of hydrazine groups is 1. The van der Waals surface area contributed by atoms with Crippen molar-refractivity contribution in [2.24, 2.45) is 10.8 Å². The predicted octanol–water partition coefficient (Wildman–Crippen LogP) is 1.15. The molecule has 0 amide bonds. The summed E-state index contributed by atoms with van der Waals surface area (Å²) in [4.78, 5) is 8.24. The summed E-state index contributed by atoms with van der Waals surface area (Å²) in [6.45, 7) is 3.72. The Morgan fingerprint density at radius 2 is 2.11 bits per heavy atom. The third kappa shape index (κ3) is 3.68. The number of piperidine rings is 1. The van der Waals surface area contributed by atoms with Gasteiger partial charge in [0.25, 0.3) is 0 Å². The molecule has 1 aliphatic heterocycles. The third-order valence-corrected chi connectivity index (χ3v) is 3.14. The van der Waals surface area contributed by atoms with E-state index in [1.54, 1.807) is 23.7 Å². The number of hydrogen-bond acceptors (Lipinski definition) is 5. The summed E-state index contributed by atoms with van der Waals surface area (Å²) >= 11 is 5.09. The van der Waals surface area contributed by atoms with Crippen molar-refractivity contribution in [3.8, 4) is 0 Å². The molecule has 0 unspecified atom stereocenters. The molecule has 0 radical (unpaired) electrons. The fourth-order valence-electron chi connectivity index (χ4n) is 2.00. The molecule has 0 atom stereocenters. The molecule has 0 spiro atoms. The van der Waals surface area contributed by atoms with Crippen LogP contribution < -0.4 is 5.73 Å². The molecule has 1 aromatic rings. The smallest absolute Gasteiger partial charge is 0.203 e. The van der Waals surface area contributed by atoms with Crippen LogP contribution in [0.4, 0.5) is 0 Å². The Bertz CT molecular complexity index is 455. The first-order valence-corrected chi connectivity index (χ1v) is 6.75. The highest BCUT2D eigenvalue weighted by Gasteiger charge is 2.19. The molecule has 2 rings (SSSR count). The number of hydrazone groups is 1. The van der Waals surface area contributed by atoms with Gasteiger partial charge in [0.05, 0.1) is 11.9 Å². The molecule has 0 aliphatic carbocycles. The molecule has 102 valence electrons. The van der Waals surface area contributed by atoms with Crippen LogP contribution in [0.3, 0.4) is 0 Å². The Morgan fingerprint density at radius 3 is 2.68 bits per heavy atom. The molecule has 0 aromatic carbocycles. The van der Waals surface area contributed by atoms with Crippen LogP contribution in [0.15, 0.2) is 23.7 Å². The Labute approximate surface area is 118 Å². The summed E-state index contributed by atoms with van der Waals surface area (Å²) in [7, 11) is 0. The van der Waals surface area contributed by atoms with Crippen LogP contribution >= 0.6 is 12.2 Å². The maximum absolute atomic E-state index is 5.77. The predicted molar refractivity (Wildman–Crippen MR) is 78.3 cm³/mol. The monoisotopic (exact) mass is 278 g/mol. The van der Waals surface area contributed by atoms with Crippen LogP contribution in [-0.2, 0) is 0 Å². The van der Waals surface area contributed by atoms with E-state index in [-0.39, 0.29) is 5.11 Å². The quantitative estimate of drug-likeness (QED) is 0.508. The van der Waals surface area contributed by atoms with E-state index in [0.29, 0.717) is 0 Å². The Morgan fingerprint density at radius 1 is 1.37 bits per heavy atom. The molecule has 0 bridgehead atoms. The topological polar surface area (TPSA) is 70.6 Å². The van der Waals surface area contributed by atoms with E-state index in [9.17, 15) is 0 Å². The fraction of sp³-hybridized carbons (Fsp3) is 0.500. The number of thiocarbonyl (C=S) groups is 1. The molecule has 19 heavy (non-hydrogen) atoms. The second kappa shape index (κ2) is 6.53. The van der Waals surface area contributed by atoms with E-state index < -0.39 is 0 Å². The highest BCUT2D eigenvalue weighted by Crippen LogP contribution is 2.12. The average Bonchev–Trinajstić information content (AvgIpc) is 2.46. The zero-order chi connectivity index (χ0) is 13.7. The number of rotatable bonds is 3. The number of aromatic nitrogens is 2. The maximum Gasteiger partial charge on any atom is 0.203 e. The molecule has 6 nitrogen and oxygen atoms in total. The van der Waals surface area contributed by atoms with Crippen molar-refractivity contribution in [1.82, 2.24) is 20.1 Å². The van der Waals surface area contributed by atoms with Crippen molar-refractivity contribution in [3.05, 3.63) is 24.3 Å². The van der Waals surface area contributed by atoms with Crippen molar-refractivity contribution < 1.29 is 0 Å². The largest absolute Gasteiger partial charge is 0.374 e. The van der Waals surface area contributed by atoms with Crippen molar-refractivity contribution in [2.75, 3.05) is 13.1 Å². The minimum Gasteiger partial charge on any atom is -0.374 e. The maximum atomic E-state index is 5.77. The molecule has 7 heteroatoms. The van der Waals surface area contributed by atoms with Gasteiger partial charge in [-0.3, -0.25) is 9.97 Å². The van der Waals surface area contributed by atoms with Gasteiger partial charge in [0, 0.05) is 25.5 Å². The zero-order valence-corrected chi connectivity index (χ0v) is 11.8. The van der Waals surface area contributed by atoms with Gasteiger partial charge in [-0.1, -0.05) is 6.42 Å². The first-order valence-electron chi connectivity index (χ1n) is 6.34. The Balaban J connectivity index is 2.17. The van der Waals surface area contributed by atoms with E-state index in [0.717, 1.165) is 37.3 Å². The van der Waals surface area contributed by atoms with E-state index in [1.165, 1.54) is 6.42 Å². The number of nitrogens with two attached hydrogens (primary N) is 1. The van der Waals surface area contributed by atoms with Crippen LogP contribution in [-0.4, -0.2) is 44.0 Å². The minimum atomic E-state index is 0.255. The molecule has 2 heterocycles. The molecular weight excluding hydrogens is 260 g/mol. The summed E-state index contributed by atoms with van der Waals surface area (Å²) in [6.07, 6.45) is 8.46. The molecule has 1 saturated heterocycles. The highest BCUT2D eigenvalue weighted by atomic mass is 32.1. The van der Waals surface area contributed by atoms with Crippen LogP contribution in [0.1, 0.15) is 31.9 Å². The van der Waals surface area contributed by atoms with E-state index in [2.05, 4.69) is 20.1 Å². The van der Waals surface area contributed by atoms with Crippen molar-refractivity contribution in [3.63, 3.8) is 0 Å². The molecule has 2 N–H and O–H groups in total. The summed E-state index contributed by atoms with van der Waals surface area (Å²) in [5.74, 6) is 0. The van der Waals surface area contributed by atoms with Gasteiger partial charge in [0.15, 0.2) is 0 Å². The van der Waals surface area contributed by atoms with E-state index in [1.807, 2.05) is 6.92 Å². The van der Waals surface area contributed by atoms with Gasteiger partial charge in [-0.2, -0.15) is 15.2 Å². The van der Waals surface area contributed by atoms with Gasteiger partial charge >= 0.3 is 0 Å². The first-order chi connectivity index (χ1) is 9.18. The summed E-state index contributed by atoms with van der Waals surface area (Å²) in [5.41, 5.74) is 7.23. The van der Waals surface area contributed by atoms with Gasteiger partial charge < -0.3 is 5.73 Å². The van der Waals surface area contributed by atoms with Crippen LogP contribution in [0.25, 0.3) is 0 Å². The van der Waals surface area contributed by atoms with Crippen LogP contribution in [0.2, 0.25) is 0 Å².